The van der Waals surface area contributed by atoms with E-state index in [1.807, 2.05) is 6.92 Å². The van der Waals surface area contributed by atoms with Crippen LogP contribution < -0.4 is 15.8 Å². The zero-order valence-corrected chi connectivity index (χ0v) is 12.2. The van der Waals surface area contributed by atoms with Crippen LogP contribution in [0.2, 0.25) is 0 Å². The van der Waals surface area contributed by atoms with Crippen molar-refractivity contribution in [3.8, 4) is 22.9 Å². The SMILES string of the molecule is CCC(N)CNc1ccnc(-c2cc(OC)ccc2O)n1. The van der Waals surface area contributed by atoms with Crippen molar-refractivity contribution in [3.63, 3.8) is 0 Å². The molecule has 2 rings (SSSR count). The molecule has 0 saturated carbocycles. The molecule has 1 heterocycles. The number of benzene rings is 1. The van der Waals surface area contributed by atoms with Crippen LogP contribution in [0.1, 0.15) is 13.3 Å². The van der Waals surface area contributed by atoms with Crippen molar-refractivity contribution >= 4 is 5.82 Å². The molecule has 1 aromatic heterocycles. The van der Waals surface area contributed by atoms with Crippen LogP contribution in [0.3, 0.4) is 0 Å². The highest BCUT2D eigenvalue weighted by atomic mass is 16.5. The first-order chi connectivity index (χ1) is 10.1. The largest absolute Gasteiger partial charge is 0.507 e. The lowest BCUT2D eigenvalue weighted by atomic mass is 10.1. The van der Waals surface area contributed by atoms with E-state index in [9.17, 15) is 5.11 Å². The Morgan fingerprint density at radius 2 is 2.19 bits per heavy atom. The second-order valence-electron chi connectivity index (χ2n) is 4.70. The minimum atomic E-state index is 0.0774. The summed E-state index contributed by atoms with van der Waals surface area (Å²) >= 11 is 0. The van der Waals surface area contributed by atoms with Crippen LogP contribution in [0, 0.1) is 0 Å². The fraction of sp³-hybridized carbons (Fsp3) is 0.333. The van der Waals surface area contributed by atoms with Gasteiger partial charge >= 0.3 is 0 Å². The van der Waals surface area contributed by atoms with Gasteiger partial charge in [-0.25, -0.2) is 9.97 Å². The van der Waals surface area contributed by atoms with Gasteiger partial charge in [0.05, 0.1) is 12.7 Å². The highest BCUT2D eigenvalue weighted by Crippen LogP contribution is 2.30. The number of rotatable bonds is 6. The zero-order valence-electron chi connectivity index (χ0n) is 12.2. The van der Waals surface area contributed by atoms with E-state index in [-0.39, 0.29) is 11.8 Å². The van der Waals surface area contributed by atoms with Gasteiger partial charge in [-0.1, -0.05) is 6.92 Å². The van der Waals surface area contributed by atoms with Crippen LogP contribution >= 0.6 is 0 Å². The van der Waals surface area contributed by atoms with E-state index in [1.54, 1.807) is 37.6 Å². The minimum Gasteiger partial charge on any atom is -0.507 e. The first-order valence-corrected chi connectivity index (χ1v) is 6.84. The number of hydrogen-bond donors (Lipinski definition) is 3. The standard InChI is InChI=1S/C15H20N4O2/c1-3-10(16)9-18-14-6-7-17-15(19-14)12-8-11(21-2)4-5-13(12)20/h4-8,10,20H,3,9,16H2,1-2H3,(H,17,18,19). The maximum atomic E-state index is 9.96. The fourth-order valence-corrected chi connectivity index (χ4v) is 1.79. The van der Waals surface area contributed by atoms with Crippen molar-refractivity contribution in [2.75, 3.05) is 19.0 Å². The normalized spacial score (nSPS) is 12.0. The summed E-state index contributed by atoms with van der Waals surface area (Å²) < 4.78 is 5.16. The summed E-state index contributed by atoms with van der Waals surface area (Å²) in [5, 5.41) is 13.1. The van der Waals surface area contributed by atoms with Crippen LogP contribution in [0.25, 0.3) is 11.4 Å². The molecular weight excluding hydrogens is 268 g/mol. The average molecular weight is 288 g/mol. The second kappa shape index (κ2) is 6.90. The minimum absolute atomic E-state index is 0.0774. The smallest absolute Gasteiger partial charge is 0.165 e. The molecule has 0 saturated heterocycles. The van der Waals surface area contributed by atoms with Crippen LogP contribution in [-0.2, 0) is 0 Å². The van der Waals surface area contributed by atoms with Crippen LogP contribution in [0.4, 0.5) is 5.82 Å². The topological polar surface area (TPSA) is 93.3 Å². The van der Waals surface area contributed by atoms with E-state index < -0.39 is 0 Å². The first-order valence-electron chi connectivity index (χ1n) is 6.84. The van der Waals surface area contributed by atoms with Gasteiger partial charge in [-0.05, 0) is 30.7 Å². The third kappa shape index (κ3) is 3.82. The van der Waals surface area contributed by atoms with Crippen LogP contribution in [-0.4, -0.2) is 34.8 Å². The van der Waals surface area contributed by atoms with Gasteiger partial charge in [0, 0.05) is 18.8 Å². The Kier molecular flexibility index (Phi) is 4.94. The van der Waals surface area contributed by atoms with Gasteiger partial charge in [0.15, 0.2) is 5.82 Å². The Labute approximate surface area is 124 Å². The number of anilines is 1. The van der Waals surface area contributed by atoms with Crippen molar-refractivity contribution in [2.24, 2.45) is 5.73 Å². The molecule has 6 nitrogen and oxygen atoms in total. The summed E-state index contributed by atoms with van der Waals surface area (Å²) in [5.74, 6) is 1.85. The van der Waals surface area contributed by atoms with Crippen molar-refractivity contribution in [3.05, 3.63) is 30.5 Å². The molecule has 6 heteroatoms. The molecule has 0 aliphatic rings. The van der Waals surface area contributed by atoms with Crippen molar-refractivity contribution < 1.29 is 9.84 Å². The Morgan fingerprint density at radius 3 is 2.90 bits per heavy atom. The Bertz CT molecular complexity index is 604. The highest BCUT2D eigenvalue weighted by Gasteiger charge is 2.10. The summed E-state index contributed by atoms with van der Waals surface area (Å²) in [6, 6.07) is 6.79. The Morgan fingerprint density at radius 1 is 1.38 bits per heavy atom. The average Bonchev–Trinajstić information content (AvgIpc) is 2.53. The quantitative estimate of drug-likeness (QED) is 0.753. The number of methoxy groups -OCH3 is 1. The summed E-state index contributed by atoms with van der Waals surface area (Å²) in [5.41, 5.74) is 6.40. The number of ether oxygens (including phenoxy) is 1. The van der Waals surface area contributed by atoms with Gasteiger partial charge < -0.3 is 20.9 Å². The molecule has 1 unspecified atom stereocenters. The molecule has 0 spiro atoms. The molecule has 1 atom stereocenters. The van der Waals surface area contributed by atoms with Gasteiger partial charge in [0.1, 0.15) is 17.3 Å². The summed E-state index contributed by atoms with van der Waals surface area (Å²) in [7, 11) is 1.57. The third-order valence-corrected chi connectivity index (χ3v) is 3.17. The molecule has 2 aromatic rings. The molecule has 0 radical (unpaired) electrons. The number of aromatic hydroxyl groups is 1. The molecule has 0 aliphatic carbocycles. The predicted octanol–water partition coefficient (Wildman–Crippen LogP) is 2.01. The van der Waals surface area contributed by atoms with E-state index in [4.69, 9.17) is 10.5 Å². The highest BCUT2D eigenvalue weighted by molar-refractivity contribution is 5.66. The van der Waals surface area contributed by atoms with Gasteiger partial charge in [-0.2, -0.15) is 0 Å². The van der Waals surface area contributed by atoms with E-state index in [0.717, 1.165) is 6.42 Å². The number of hydrogen-bond acceptors (Lipinski definition) is 6. The van der Waals surface area contributed by atoms with E-state index in [2.05, 4.69) is 15.3 Å². The molecular formula is C15H20N4O2. The van der Waals surface area contributed by atoms with Crippen LogP contribution in [0.5, 0.6) is 11.5 Å². The summed E-state index contributed by atoms with van der Waals surface area (Å²) in [4.78, 5) is 8.59. The van der Waals surface area contributed by atoms with E-state index >= 15 is 0 Å². The van der Waals surface area contributed by atoms with Crippen LogP contribution in [0.15, 0.2) is 30.5 Å². The Hall–Kier alpha value is -2.34. The lowest BCUT2D eigenvalue weighted by Gasteiger charge is -2.12. The van der Waals surface area contributed by atoms with Gasteiger partial charge in [0.25, 0.3) is 0 Å². The van der Waals surface area contributed by atoms with E-state index in [0.29, 0.717) is 29.5 Å². The Balaban J connectivity index is 2.24. The molecule has 0 bridgehead atoms. The molecule has 0 fully saturated rings. The maximum Gasteiger partial charge on any atom is 0.165 e. The van der Waals surface area contributed by atoms with Crippen molar-refractivity contribution in [1.82, 2.24) is 9.97 Å². The monoisotopic (exact) mass is 288 g/mol. The molecule has 112 valence electrons. The number of phenols is 1. The van der Waals surface area contributed by atoms with E-state index in [1.165, 1.54) is 0 Å². The number of nitrogens with two attached hydrogens (primary N) is 1. The third-order valence-electron chi connectivity index (χ3n) is 3.17. The van der Waals surface area contributed by atoms with Gasteiger partial charge in [-0.3, -0.25) is 0 Å². The van der Waals surface area contributed by atoms with Crippen molar-refractivity contribution in [2.45, 2.75) is 19.4 Å². The molecule has 0 amide bonds. The molecule has 21 heavy (non-hydrogen) atoms. The fourth-order valence-electron chi connectivity index (χ4n) is 1.79. The van der Waals surface area contributed by atoms with Crippen molar-refractivity contribution in [1.29, 1.82) is 0 Å². The number of nitrogens with one attached hydrogen (secondary N) is 1. The lowest BCUT2D eigenvalue weighted by molar-refractivity contribution is 0.412. The first kappa shape index (κ1) is 15.1. The summed E-state index contributed by atoms with van der Waals surface area (Å²) in [6.07, 6.45) is 2.53. The lowest BCUT2D eigenvalue weighted by Crippen LogP contribution is -2.28. The second-order valence-corrected chi connectivity index (χ2v) is 4.70. The number of phenolic OH excluding ortho intramolecular Hbond substituents is 1. The molecule has 0 aliphatic heterocycles. The molecule has 1 aromatic carbocycles. The summed E-state index contributed by atoms with van der Waals surface area (Å²) in [6.45, 7) is 2.67. The number of aromatic nitrogens is 2. The van der Waals surface area contributed by atoms with Gasteiger partial charge in [0.2, 0.25) is 0 Å². The predicted molar refractivity (Wildman–Crippen MR) is 82.4 cm³/mol. The number of nitrogens with zero attached hydrogens (tertiary/aromatic N) is 2. The molecule has 4 N–H and O–H groups in total. The zero-order chi connectivity index (χ0) is 15.2. The van der Waals surface area contributed by atoms with Gasteiger partial charge in [-0.15, -0.1) is 0 Å². The maximum absolute atomic E-state index is 9.96.